The average Bonchev–Trinajstić information content (AvgIpc) is 2.70. The smallest absolute Gasteiger partial charge is 0.335 e. The number of piperidine rings is 1. The summed E-state index contributed by atoms with van der Waals surface area (Å²) in [6.45, 7) is 1.22. The number of likely N-dealkylation sites (N-methyl/N-ethyl adjacent to an activating group) is 1. The molecule has 0 spiro atoms. The number of carbonyl (C=O) groups is 2. The maximum absolute atomic E-state index is 9.91. The molecule has 2 bridgehead atoms. The SMILES string of the molecule is CN1CC[C@]23CCCC[C@H]2[C@H]1Cc1ccc(O)cc13.O.O.O=C(O)[C@H](O)[C@@H](O)C(=O)O. The Morgan fingerprint density at radius 3 is 2.26 bits per heavy atom. The van der Waals surface area contributed by atoms with Gasteiger partial charge in [-0.2, -0.15) is 0 Å². The summed E-state index contributed by atoms with van der Waals surface area (Å²) in [5.74, 6) is -2.27. The number of hydrogen-bond acceptors (Lipinski definition) is 6. The Morgan fingerprint density at radius 1 is 1.06 bits per heavy atom. The average molecular weight is 443 g/mol. The third-order valence-corrected chi connectivity index (χ3v) is 6.90. The van der Waals surface area contributed by atoms with Crippen LogP contribution in [0.3, 0.4) is 0 Å². The summed E-state index contributed by atoms with van der Waals surface area (Å²) in [7, 11) is 2.30. The van der Waals surface area contributed by atoms with E-state index in [4.69, 9.17) is 20.4 Å². The molecule has 3 aliphatic rings. The number of nitrogens with zero attached hydrogens (tertiary/aromatic N) is 1. The Balaban J connectivity index is 0.000000351. The monoisotopic (exact) mass is 443 g/mol. The third-order valence-electron chi connectivity index (χ3n) is 6.90. The van der Waals surface area contributed by atoms with Gasteiger partial charge in [0.15, 0.2) is 12.2 Å². The van der Waals surface area contributed by atoms with E-state index >= 15 is 0 Å². The second kappa shape index (κ2) is 10.4. The van der Waals surface area contributed by atoms with Crippen LogP contribution in [0.2, 0.25) is 0 Å². The van der Waals surface area contributed by atoms with Crippen molar-refractivity contribution >= 4 is 11.9 Å². The van der Waals surface area contributed by atoms with E-state index in [9.17, 15) is 14.7 Å². The number of phenolic OH excluding ortho intramolecular Hbond substituents is 1. The van der Waals surface area contributed by atoms with Gasteiger partial charge in [-0.25, -0.2) is 9.59 Å². The van der Waals surface area contributed by atoms with Gasteiger partial charge in [-0.1, -0.05) is 18.9 Å². The second-order valence-electron chi connectivity index (χ2n) is 8.42. The lowest BCUT2D eigenvalue weighted by Gasteiger charge is -2.58. The number of phenols is 1. The minimum atomic E-state index is -2.27. The predicted molar refractivity (Wildman–Crippen MR) is 111 cm³/mol. The summed E-state index contributed by atoms with van der Waals surface area (Å²) in [4.78, 5) is 22.1. The fourth-order valence-electron chi connectivity index (χ4n) is 5.45. The van der Waals surface area contributed by atoms with Gasteiger partial charge in [-0.05, 0) is 68.5 Å². The van der Waals surface area contributed by atoms with E-state index in [2.05, 4.69) is 24.1 Å². The minimum Gasteiger partial charge on any atom is -0.508 e. The highest BCUT2D eigenvalue weighted by atomic mass is 16.4. The molecule has 0 aromatic heterocycles. The standard InChI is InChI=1S/C17H23NO.C4H6O6.2H2O/c1-18-9-8-17-7-3-2-4-14(17)16(18)10-12-5-6-13(19)11-15(12)17;5-1(3(7)8)2(6)4(9)10;;/h5-6,11,14,16,19H,2-4,7-10H2,1H3;1-2,5-6H,(H,7,8)(H,9,10);2*1H2/t14-,16+,17+;1-,2-;;/m01../s1. The molecule has 9 N–H and O–H groups in total. The quantitative estimate of drug-likeness (QED) is 0.403. The van der Waals surface area contributed by atoms with E-state index in [0.717, 1.165) is 12.0 Å². The van der Waals surface area contributed by atoms with E-state index in [-0.39, 0.29) is 11.0 Å². The molecule has 2 aliphatic carbocycles. The van der Waals surface area contributed by atoms with Crippen molar-refractivity contribution in [1.82, 2.24) is 4.90 Å². The maximum Gasteiger partial charge on any atom is 0.335 e. The highest BCUT2D eigenvalue weighted by Gasteiger charge is 2.53. The summed E-state index contributed by atoms with van der Waals surface area (Å²) in [6.07, 6.45) is 3.39. The first-order valence-electron chi connectivity index (χ1n) is 10.0. The zero-order valence-corrected chi connectivity index (χ0v) is 17.5. The number of fused-ring (bicyclic) bond motifs is 1. The number of benzene rings is 1. The topological polar surface area (TPSA) is 202 Å². The fraction of sp³-hybridized carbons (Fsp3) is 0.619. The Kier molecular flexibility index (Phi) is 8.97. The van der Waals surface area contributed by atoms with Crippen molar-refractivity contribution < 1.29 is 46.1 Å². The molecule has 5 atom stereocenters. The van der Waals surface area contributed by atoms with Gasteiger partial charge in [0, 0.05) is 11.5 Å². The largest absolute Gasteiger partial charge is 0.508 e. The van der Waals surface area contributed by atoms with E-state index < -0.39 is 24.1 Å². The lowest BCUT2D eigenvalue weighted by Crippen LogP contribution is -2.59. The van der Waals surface area contributed by atoms with Crippen molar-refractivity contribution in [2.45, 2.75) is 62.2 Å². The van der Waals surface area contributed by atoms with Gasteiger partial charge in [0.1, 0.15) is 5.75 Å². The Morgan fingerprint density at radius 2 is 1.68 bits per heavy atom. The molecule has 1 saturated carbocycles. The Bertz CT molecular complexity index is 768. The molecule has 1 aromatic carbocycles. The van der Waals surface area contributed by atoms with Crippen molar-refractivity contribution in [1.29, 1.82) is 0 Å². The molecule has 0 unspecified atom stereocenters. The molecule has 176 valence electrons. The van der Waals surface area contributed by atoms with Gasteiger partial charge < -0.3 is 41.4 Å². The number of aliphatic carboxylic acids is 2. The zero-order chi connectivity index (χ0) is 21.3. The van der Waals surface area contributed by atoms with Gasteiger partial charge in [-0.15, -0.1) is 0 Å². The number of likely N-dealkylation sites (tertiary alicyclic amines) is 1. The molecule has 10 nitrogen and oxygen atoms in total. The minimum absolute atomic E-state index is 0. The highest BCUT2D eigenvalue weighted by molar-refractivity contribution is 5.83. The molecule has 10 heteroatoms. The fourth-order valence-corrected chi connectivity index (χ4v) is 5.45. The van der Waals surface area contributed by atoms with E-state index in [1.54, 1.807) is 0 Å². The van der Waals surface area contributed by atoms with Gasteiger partial charge in [0.05, 0.1) is 0 Å². The summed E-state index contributed by atoms with van der Waals surface area (Å²) < 4.78 is 0. The molecular weight excluding hydrogens is 410 g/mol. The van der Waals surface area contributed by atoms with E-state index in [1.165, 1.54) is 56.2 Å². The number of carboxylic acids is 2. The van der Waals surface area contributed by atoms with Crippen LogP contribution in [0.15, 0.2) is 18.2 Å². The summed E-state index contributed by atoms with van der Waals surface area (Å²) in [6, 6.07) is 6.85. The first kappa shape index (κ1) is 26.8. The molecule has 2 fully saturated rings. The van der Waals surface area contributed by atoms with Crippen LogP contribution in [0.25, 0.3) is 0 Å². The summed E-state index contributed by atoms with van der Waals surface area (Å²) in [5, 5.41) is 42.4. The van der Waals surface area contributed by atoms with Crippen molar-refractivity contribution in [3.05, 3.63) is 29.3 Å². The number of hydrogen-bond donors (Lipinski definition) is 5. The molecule has 4 rings (SSSR count). The molecule has 0 radical (unpaired) electrons. The summed E-state index contributed by atoms with van der Waals surface area (Å²) in [5.41, 5.74) is 3.36. The van der Waals surface area contributed by atoms with Crippen molar-refractivity contribution in [2.24, 2.45) is 5.92 Å². The van der Waals surface area contributed by atoms with Crippen LogP contribution in [0.5, 0.6) is 5.75 Å². The summed E-state index contributed by atoms with van der Waals surface area (Å²) >= 11 is 0. The first-order valence-corrected chi connectivity index (χ1v) is 10.0. The Labute approximate surface area is 180 Å². The first-order chi connectivity index (χ1) is 13.7. The van der Waals surface area contributed by atoms with Gasteiger partial charge in [0.2, 0.25) is 0 Å². The van der Waals surface area contributed by atoms with Crippen LogP contribution in [0, 0.1) is 5.92 Å². The molecule has 1 aromatic rings. The van der Waals surface area contributed by atoms with Crippen LogP contribution < -0.4 is 0 Å². The van der Waals surface area contributed by atoms with Gasteiger partial charge in [0.25, 0.3) is 0 Å². The number of aliphatic hydroxyl groups is 2. The van der Waals surface area contributed by atoms with Gasteiger partial charge in [-0.3, -0.25) is 0 Å². The van der Waals surface area contributed by atoms with Crippen LogP contribution >= 0.6 is 0 Å². The van der Waals surface area contributed by atoms with Gasteiger partial charge >= 0.3 is 11.9 Å². The van der Waals surface area contributed by atoms with Crippen LogP contribution in [0.1, 0.15) is 43.2 Å². The molecule has 1 aliphatic heterocycles. The molecule has 31 heavy (non-hydrogen) atoms. The molecular formula is C21H33NO9. The van der Waals surface area contributed by atoms with Crippen LogP contribution in [-0.2, 0) is 21.4 Å². The van der Waals surface area contributed by atoms with Crippen LogP contribution in [-0.4, -0.2) is 85.2 Å². The van der Waals surface area contributed by atoms with Crippen molar-refractivity contribution in [3.8, 4) is 5.75 Å². The molecule has 1 heterocycles. The second-order valence-corrected chi connectivity index (χ2v) is 8.42. The zero-order valence-electron chi connectivity index (χ0n) is 17.5. The number of rotatable bonds is 3. The molecule has 0 amide bonds. The van der Waals surface area contributed by atoms with Crippen molar-refractivity contribution in [3.63, 3.8) is 0 Å². The third kappa shape index (κ3) is 4.99. The molecule has 1 saturated heterocycles. The lowest BCUT2D eigenvalue weighted by molar-refractivity contribution is -0.165. The van der Waals surface area contributed by atoms with Crippen LogP contribution in [0.4, 0.5) is 0 Å². The van der Waals surface area contributed by atoms with E-state index in [0.29, 0.717) is 11.2 Å². The maximum atomic E-state index is 9.91. The lowest BCUT2D eigenvalue weighted by atomic mass is 9.52. The number of aliphatic hydroxyl groups excluding tert-OH is 2. The number of carboxylic acid groups (broad SMARTS) is 2. The van der Waals surface area contributed by atoms with E-state index in [1.807, 2.05) is 6.07 Å². The normalized spacial score (nSPS) is 28.1. The highest BCUT2D eigenvalue weighted by Crippen LogP contribution is 2.55. The predicted octanol–water partition coefficient (Wildman–Crippen LogP) is -0.692. The van der Waals surface area contributed by atoms with Crippen molar-refractivity contribution in [2.75, 3.05) is 13.6 Å². The number of aromatic hydroxyl groups is 1. The Hall–Kier alpha value is -2.24.